The number of amides is 1. The van der Waals surface area contributed by atoms with Crippen LogP contribution in [0.3, 0.4) is 0 Å². The minimum absolute atomic E-state index is 0.0221. The molecule has 29 heavy (non-hydrogen) atoms. The molecule has 1 amide bonds. The summed E-state index contributed by atoms with van der Waals surface area (Å²) in [6.07, 6.45) is 0. The van der Waals surface area contributed by atoms with Gasteiger partial charge in [-0.15, -0.1) is 11.8 Å². The number of ether oxygens (including phenoxy) is 2. The van der Waals surface area contributed by atoms with Crippen LogP contribution in [0.4, 0.5) is 5.69 Å². The van der Waals surface area contributed by atoms with Crippen molar-refractivity contribution in [3.8, 4) is 5.75 Å². The first-order valence-electron chi connectivity index (χ1n) is 9.24. The van der Waals surface area contributed by atoms with Gasteiger partial charge in [-0.1, -0.05) is 12.1 Å². The second-order valence-electron chi connectivity index (χ2n) is 6.61. The Labute approximate surface area is 178 Å². The molecule has 2 aliphatic rings. The van der Waals surface area contributed by atoms with Gasteiger partial charge >= 0.3 is 5.97 Å². The number of rotatable bonds is 5. The average Bonchev–Trinajstić information content (AvgIpc) is 3.29. The van der Waals surface area contributed by atoms with Crippen LogP contribution in [0.1, 0.15) is 28.2 Å². The summed E-state index contributed by atoms with van der Waals surface area (Å²) in [4.78, 5) is 28.5. The summed E-state index contributed by atoms with van der Waals surface area (Å²) in [7, 11) is 1.63. The van der Waals surface area contributed by atoms with Gasteiger partial charge in [-0.3, -0.25) is 9.69 Å². The molecule has 0 aromatic heterocycles. The summed E-state index contributed by atoms with van der Waals surface area (Å²) < 4.78 is 10.2. The molecule has 0 radical (unpaired) electrons. The highest BCUT2D eigenvalue weighted by Crippen LogP contribution is 2.46. The first-order valence-corrected chi connectivity index (χ1v) is 10.7. The molecule has 2 aliphatic heterocycles. The molecule has 2 aromatic carbocycles. The van der Waals surface area contributed by atoms with E-state index in [1.807, 2.05) is 29.2 Å². The third kappa shape index (κ3) is 3.47. The fraction of sp³-hybridized carbons (Fsp3) is 0.286. The summed E-state index contributed by atoms with van der Waals surface area (Å²) in [5, 5.41) is 0.459. The van der Waals surface area contributed by atoms with Gasteiger partial charge in [-0.2, -0.15) is 0 Å². The minimum Gasteiger partial charge on any atom is -0.497 e. The molecule has 2 heterocycles. The van der Waals surface area contributed by atoms with Crippen LogP contribution in [-0.2, 0) is 9.53 Å². The Kier molecular flexibility index (Phi) is 5.47. The number of hydrogen-bond acceptors (Lipinski definition) is 6. The Morgan fingerprint density at radius 2 is 1.86 bits per heavy atom. The van der Waals surface area contributed by atoms with Crippen LogP contribution in [0.15, 0.2) is 48.5 Å². The van der Waals surface area contributed by atoms with Gasteiger partial charge in [0.1, 0.15) is 17.2 Å². The lowest BCUT2D eigenvalue weighted by molar-refractivity contribution is -0.119. The highest BCUT2D eigenvalue weighted by molar-refractivity contribution is 7.99. The van der Waals surface area contributed by atoms with E-state index in [-0.39, 0.29) is 23.3 Å². The van der Waals surface area contributed by atoms with E-state index in [9.17, 15) is 9.59 Å². The first-order chi connectivity index (χ1) is 14.0. The summed E-state index contributed by atoms with van der Waals surface area (Å²) in [6.45, 7) is 2.08. The second kappa shape index (κ2) is 8.04. The van der Waals surface area contributed by atoms with Crippen molar-refractivity contribution in [2.24, 2.45) is 0 Å². The topological polar surface area (TPSA) is 59.1 Å². The number of hydrogen-bond donors (Lipinski definition) is 0. The fourth-order valence-electron chi connectivity index (χ4n) is 3.51. The van der Waals surface area contributed by atoms with E-state index < -0.39 is 0 Å². The van der Waals surface area contributed by atoms with Crippen molar-refractivity contribution in [3.05, 3.63) is 59.7 Å². The van der Waals surface area contributed by atoms with Crippen molar-refractivity contribution in [1.82, 2.24) is 4.90 Å². The van der Waals surface area contributed by atoms with Crippen molar-refractivity contribution in [3.63, 3.8) is 0 Å². The number of carbonyl (C=O) groups is 2. The number of thioether (sulfide) groups is 1. The molecular formula is C21H20N2O4S2. The van der Waals surface area contributed by atoms with Crippen LogP contribution in [0.5, 0.6) is 5.75 Å². The molecule has 0 bridgehead atoms. The summed E-state index contributed by atoms with van der Waals surface area (Å²) >= 11 is 7.40. The number of anilines is 1. The largest absolute Gasteiger partial charge is 0.497 e. The van der Waals surface area contributed by atoms with Gasteiger partial charge in [-0.05, 0) is 61.1 Å². The molecule has 2 fully saturated rings. The van der Waals surface area contributed by atoms with Crippen LogP contribution >= 0.6 is 24.0 Å². The fourth-order valence-corrected chi connectivity index (χ4v) is 5.43. The van der Waals surface area contributed by atoms with Gasteiger partial charge in [-0.25, -0.2) is 4.79 Å². The maximum Gasteiger partial charge on any atom is 0.338 e. The maximum atomic E-state index is 13.1. The zero-order valence-electron chi connectivity index (χ0n) is 16.0. The molecular weight excluding hydrogens is 408 g/mol. The third-order valence-corrected chi connectivity index (χ3v) is 6.67. The molecule has 6 nitrogen and oxygen atoms in total. The van der Waals surface area contributed by atoms with Crippen LogP contribution in [0.25, 0.3) is 0 Å². The Balaban J connectivity index is 1.58. The van der Waals surface area contributed by atoms with Gasteiger partial charge in [0.15, 0.2) is 5.11 Å². The molecule has 0 aliphatic carbocycles. The highest BCUT2D eigenvalue weighted by Gasteiger charge is 2.50. The van der Waals surface area contributed by atoms with E-state index in [1.165, 1.54) is 0 Å². The SMILES string of the molecule is CCOC(=O)c1ccc(N2C(=O)[C@@H]3CS[C@H](c4ccc(OC)cc4)N3C2=S)cc1. The predicted molar refractivity (Wildman–Crippen MR) is 116 cm³/mol. The van der Waals surface area contributed by atoms with Crippen molar-refractivity contribution in [2.45, 2.75) is 18.3 Å². The quantitative estimate of drug-likeness (QED) is 0.532. The third-order valence-electron chi connectivity index (χ3n) is 4.96. The lowest BCUT2D eigenvalue weighted by Gasteiger charge is -2.25. The van der Waals surface area contributed by atoms with Crippen molar-refractivity contribution in [1.29, 1.82) is 0 Å². The van der Waals surface area contributed by atoms with Gasteiger partial charge in [0.05, 0.1) is 25.0 Å². The number of thiocarbonyl (C=S) groups is 1. The van der Waals surface area contributed by atoms with Gasteiger partial charge in [0.2, 0.25) is 0 Å². The van der Waals surface area contributed by atoms with Crippen LogP contribution in [0, 0.1) is 0 Å². The van der Waals surface area contributed by atoms with E-state index >= 15 is 0 Å². The monoisotopic (exact) mass is 428 g/mol. The Bertz CT molecular complexity index is 946. The number of esters is 1. The Morgan fingerprint density at radius 1 is 1.17 bits per heavy atom. The molecule has 0 N–H and O–H groups in total. The number of nitrogens with zero attached hydrogens (tertiary/aromatic N) is 2. The summed E-state index contributed by atoms with van der Waals surface area (Å²) in [5.74, 6) is 1.04. The van der Waals surface area contributed by atoms with Gasteiger partial charge in [0, 0.05) is 5.75 Å². The summed E-state index contributed by atoms with van der Waals surface area (Å²) in [5.41, 5.74) is 2.18. The van der Waals surface area contributed by atoms with Gasteiger partial charge in [0.25, 0.3) is 5.91 Å². The molecule has 2 saturated heterocycles. The highest BCUT2D eigenvalue weighted by atomic mass is 32.2. The zero-order valence-corrected chi connectivity index (χ0v) is 17.7. The molecule has 150 valence electrons. The van der Waals surface area contributed by atoms with E-state index in [2.05, 4.69) is 0 Å². The lowest BCUT2D eigenvalue weighted by Crippen LogP contribution is -2.33. The number of methoxy groups -OCH3 is 1. The van der Waals surface area contributed by atoms with E-state index in [4.69, 9.17) is 21.7 Å². The van der Waals surface area contributed by atoms with Crippen LogP contribution < -0.4 is 9.64 Å². The molecule has 0 unspecified atom stereocenters. The zero-order chi connectivity index (χ0) is 20.5. The molecule has 8 heteroatoms. The van der Waals surface area contributed by atoms with E-state index in [0.717, 1.165) is 11.3 Å². The van der Waals surface area contributed by atoms with Crippen molar-refractivity contribution < 1.29 is 19.1 Å². The smallest absolute Gasteiger partial charge is 0.338 e. The Morgan fingerprint density at radius 3 is 2.48 bits per heavy atom. The van der Waals surface area contributed by atoms with E-state index in [0.29, 0.717) is 28.7 Å². The molecule has 0 spiro atoms. The molecule has 2 aromatic rings. The maximum absolute atomic E-state index is 13.1. The van der Waals surface area contributed by atoms with E-state index in [1.54, 1.807) is 55.0 Å². The average molecular weight is 429 g/mol. The normalized spacial score (nSPS) is 20.8. The van der Waals surface area contributed by atoms with Crippen LogP contribution in [-0.4, -0.2) is 47.4 Å². The summed E-state index contributed by atoms with van der Waals surface area (Å²) in [6, 6.07) is 14.3. The van der Waals surface area contributed by atoms with Crippen molar-refractivity contribution in [2.75, 3.05) is 24.4 Å². The minimum atomic E-state index is -0.383. The molecule has 0 saturated carbocycles. The first kappa shape index (κ1) is 19.7. The van der Waals surface area contributed by atoms with Crippen molar-refractivity contribution >= 4 is 46.7 Å². The number of fused-ring (bicyclic) bond motifs is 1. The molecule has 4 rings (SSSR count). The Hall–Kier alpha value is -2.58. The standard InChI is InChI=1S/C21H20N2O4S2/c1-3-27-20(25)14-4-8-15(9-5-14)22-18(24)17-12-29-19(23(17)21(22)28)13-6-10-16(26-2)11-7-13/h4-11,17,19H,3,12H2,1-2H3/t17-,19+/m0/s1. The van der Waals surface area contributed by atoms with Crippen LogP contribution in [0.2, 0.25) is 0 Å². The second-order valence-corrected chi connectivity index (χ2v) is 8.08. The molecule has 2 atom stereocenters. The van der Waals surface area contributed by atoms with Gasteiger partial charge < -0.3 is 14.4 Å². The number of benzene rings is 2. The number of carbonyl (C=O) groups excluding carboxylic acids is 2. The lowest BCUT2D eigenvalue weighted by atomic mass is 10.2. The predicted octanol–water partition coefficient (Wildman–Crippen LogP) is 3.62.